The van der Waals surface area contributed by atoms with E-state index in [1.165, 1.54) is 24.3 Å². The number of hydrogen-bond acceptors (Lipinski definition) is 4. The van der Waals surface area contributed by atoms with Gasteiger partial charge in [-0.15, -0.1) is 0 Å². The van der Waals surface area contributed by atoms with E-state index >= 15 is 0 Å². The predicted octanol–water partition coefficient (Wildman–Crippen LogP) is 8.33. The number of rotatable bonds is 6. The van der Waals surface area contributed by atoms with E-state index in [1.807, 2.05) is 0 Å². The fourth-order valence-electron chi connectivity index (χ4n) is 1.69. The minimum absolute atomic E-state index is 0.0886. The van der Waals surface area contributed by atoms with Crippen LogP contribution in [-0.2, 0) is 16.3 Å². The van der Waals surface area contributed by atoms with E-state index in [0.29, 0.717) is 10.0 Å². The molecule has 0 aromatic heterocycles. The van der Waals surface area contributed by atoms with Gasteiger partial charge in [-0.3, -0.25) is 4.52 Å². The third-order valence-electron chi connectivity index (χ3n) is 2.62. The van der Waals surface area contributed by atoms with E-state index in [2.05, 4.69) is 0 Å². The highest BCUT2D eigenvalue weighted by Gasteiger charge is 2.29. The van der Waals surface area contributed by atoms with Crippen LogP contribution in [0, 0.1) is 0 Å². The first-order valence-electron chi connectivity index (χ1n) is 6.58. The van der Waals surface area contributed by atoms with Crippen LogP contribution in [0.4, 0.5) is 0 Å². The fourth-order valence-corrected chi connectivity index (χ4v) is 5.75. The van der Waals surface area contributed by atoms with E-state index in [-0.39, 0.29) is 38.2 Å². The van der Waals surface area contributed by atoms with Crippen LogP contribution in [0.3, 0.4) is 0 Å². The fraction of sp³-hybridized carbons (Fsp3) is 0.143. The molecule has 2 rings (SSSR count). The van der Waals surface area contributed by atoms with Gasteiger partial charge >= 0.3 is 6.72 Å². The first-order chi connectivity index (χ1) is 11.6. The second kappa shape index (κ2) is 9.05. The molecule has 0 heterocycles. The molecule has 0 aliphatic rings. The van der Waals surface area contributed by atoms with Crippen LogP contribution in [-0.4, -0.2) is 6.61 Å². The zero-order valence-corrected chi connectivity index (χ0v) is 18.6. The molecule has 0 N–H and O–H groups in total. The van der Waals surface area contributed by atoms with Crippen molar-refractivity contribution in [1.29, 1.82) is 0 Å². The Bertz CT molecular complexity index is 738. The molecular formula is C14H9Cl6O3PS. The minimum atomic E-state index is -3.39. The molecular weight excluding hydrogens is 492 g/mol. The van der Waals surface area contributed by atoms with Gasteiger partial charge in [0, 0.05) is 21.9 Å². The highest BCUT2D eigenvalue weighted by Crippen LogP contribution is 2.55. The lowest BCUT2D eigenvalue weighted by Gasteiger charge is -2.24. The van der Waals surface area contributed by atoms with Gasteiger partial charge in [-0.05, 0) is 31.2 Å². The van der Waals surface area contributed by atoms with Gasteiger partial charge in [0.05, 0.1) is 26.7 Å². The highest BCUT2D eigenvalue weighted by atomic mass is 35.5. The van der Waals surface area contributed by atoms with Crippen LogP contribution >= 0.6 is 76.3 Å². The lowest BCUT2D eigenvalue weighted by atomic mass is 10.3. The first kappa shape index (κ1) is 21.7. The summed E-state index contributed by atoms with van der Waals surface area (Å²) in [5.74, 6) is 0.177. The van der Waals surface area contributed by atoms with Crippen molar-refractivity contribution in [3.63, 3.8) is 0 Å². The summed E-state index contributed by atoms with van der Waals surface area (Å²) in [4.78, 5) is 0. The molecule has 11 heteroatoms. The third kappa shape index (κ3) is 5.68. The molecule has 3 nitrogen and oxygen atoms in total. The molecule has 2 aromatic rings. The summed E-state index contributed by atoms with van der Waals surface area (Å²) >= 11 is 41.7. The standard InChI is InChI=1S/C14H9Cl6O3PS/c1-2-21-24(25,22-13-9(17)3-7(15)4-10(13)18)23-14-11(19)5-8(16)6-12(14)20/h3-6H,2H2,1H3. The van der Waals surface area contributed by atoms with Gasteiger partial charge < -0.3 is 9.05 Å². The summed E-state index contributed by atoms with van der Waals surface area (Å²) in [6.07, 6.45) is 0. The Morgan fingerprint density at radius 3 is 1.36 bits per heavy atom. The molecule has 2 aromatic carbocycles. The van der Waals surface area contributed by atoms with Gasteiger partial charge in [0.15, 0.2) is 11.5 Å². The SMILES string of the molecule is CCOP(=S)(Oc1c(Cl)cc(Cl)cc1Cl)Oc1c(Cl)cc(Cl)cc1Cl. The molecule has 0 unspecified atom stereocenters. The molecule has 0 fully saturated rings. The zero-order valence-electron chi connectivity index (χ0n) is 12.4. The summed E-state index contributed by atoms with van der Waals surface area (Å²) in [6, 6.07) is 5.83. The second-order valence-electron chi connectivity index (χ2n) is 4.44. The highest BCUT2D eigenvalue weighted by molar-refractivity contribution is 8.07. The van der Waals surface area contributed by atoms with E-state index in [1.54, 1.807) is 6.92 Å². The second-order valence-corrected chi connectivity index (χ2v) is 9.81. The molecule has 0 spiro atoms. The van der Waals surface area contributed by atoms with Crippen LogP contribution in [0.2, 0.25) is 30.1 Å². The molecule has 0 aliphatic carbocycles. The average Bonchev–Trinajstić information content (AvgIpc) is 2.47. The van der Waals surface area contributed by atoms with Gasteiger partial charge in [-0.25, -0.2) is 0 Å². The van der Waals surface area contributed by atoms with Crippen LogP contribution in [0.25, 0.3) is 0 Å². The van der Waals surface area contributed by atoms with Crippen molar-refractivity contribution in [3.05, 3.63) is 54.4 Å². The van der Waals surface area contributed by atoms with E-state index in [4.69, 9.17) is 95.0 Å². The molecule has 0 saturated carbocycles. The molecule has 0 atom stereocenters. The van der Waals surface area contributed by atoms with Crippen molar-refractivity contribution >= 4 is 88.1 Å². The summed E-state index contributed by atoms with van der Waals surface area (Å²) in [6.45, 7) is -1.45. The predicted molar refractivity (Wildman–Crippen MR) is 110 cm³/mol. The summed E-state index contributed by atoms with van der Waals surface area (Å²) in [7, 11) is 0. The Morgan fingerprint density at radius 2 is 1.08 bits per heavy atom. The lowest BCUT2D eigenvalue weighted by molar-refractivity contribution is 0.277. The maximum Gasteiger partial charge on any atom is 0.435 e. The molecule has 0 amide bonds. The molecule has 0 aliphatic heterocycles. The Kier molecular flexibility index (Phi) is 7.85. The maximum atomic E-state index is 6.12. The van der Waals surface area contributed by atoms with Crippen LogP contribution in [0.5, 0.6) is 11.5 Å². The van der Waals surface area contributed by atoms with Crippen molar-refractivity contribution in [2.45, 2.75) is 6.92 Å². The van der Waals surface area contributed by atoms with Gasteiger partial charge in [0.25, 0.3) is 0 Å². The number of halogens is 6. The van der Waals surface area contributed by atoms with E-state index in [0.717, 1.165) is 0 Å². The monoisotopic (exact) mass is 498 g/mol. The molecule has 0 radical (unpaired) electrons. The third-order valence-corrected chi connectivity index (χ3v) is 6.33. The van der Waals surface area contributed by atoms with Gasteiger partial charge in [-0.2, -0.15) is 0 Å². The lowest BCUT2D eigenvalue weighted by Crippen LogP contribution is -2.06. The van der Waals surface area contributed by atoms with Crippen molar-refractivity contribution in [2.24, 2.45) is 0 Å². The minimum Gasteiger partial charge on any atom is -0.412 e. The van der Waals surface area contributed by atoms with Crippen molar-refractivity contribution in [3.8, 4) is 11.5 Å². The Balaban J connectivity index is 2.42. The quantitative estimate of drug-likeness (QED) is 0.373. The van der Waals surface area contributed by atoms with Crippen LogP contribution < -0.4 is 9.05 Å². The van der Waals surface area contributed by atoms with Crippen LogP contribution in [0.15, 0.2) is 24.3 Å². The summed E-state index contributed by atoms with van der Waals surface area (Å²) in [5.41, 5.74) is 0. The van der Waals surface area contributed by atoms with Crippen molar-refractivity contribution in [1.82, 2.24) is 0 Å². The topological polar surface area (TPSA) is 27.7 Å². The molecule has 25 heavy (non-hydrogen) atoms. The van der Waals surface area contributed by atoms with Gasteiger partial charge in [-0.1, -0.05) is 69.6 Å². The maximum absolute atomic E-state index is 6.12. The molecule has 136 valence electrons. The van der Waals surface area contributed by atoms with E-state index < -0.39 is 6.72 Å². The smallest absolute Gasteiger partial charge is 0.412 e. The number of benzene rings is 2. The van der Waals surface area contributed by atoms with Gasteiger partial charge in [0.2, 0.25) is 0 Å². The molecule has 0 saturated heterocycles. The van der Waals surface area contributed by atoms with Crippen molar-refractivity contribution in [2.75, 3.05) is 6.61 Å². The van der Waals surface area contributed by atoms with Crippen LogP contribution in [0.1, 0.15) is 6.92 Å². The zero-order chi connectivity index (χ0) is 18.8. The van der Waals surface area contributed by atoms with Crippen molar-refractivity contribution < 1.29 is 13.6 Å². The first-order valence-corrected chi connectivity index (χ1v) is 11.4. The average molecular weight is 501 g/mol. The number of hydrogen-bond donors (Lipinski definition) is 0. The largest absolute Gasteiger partial charge is 0.435 e. The normalized spacial score (nSPS) is 11.5. The van der Waals surface area contributed by atoms with E-state index in [9.17, 15) is 0 Å². The molecule has 0 bridgehead atoms. The Morgan fingerprint density at radius 1 is 0.760 bits per heavy atom. The van der Waals surface area contributed by atoms with Gasteiger partial charge in [0.1, 0.15) is 0 Å². The summed E-state index contributed by atoms with van der Waals surface area (Å²) < 4.78 is 16.9. The Hall–Kier alpha value is 0.390. The Labute approximate surface area is 180 Å². The summed E-state index contributed by atoms with van der Waals surface area (Å²) in [5, 5.41) is 1.31.